The molecule has 0 rings (SSSR count). The molecule has 2 unspecified atom stereocenters. The van der Waals surface area contributed by atoms with Crippen molar-refractivity contribution in [1.82, 2.24) is 0 Å². The van der Waals surface area contributed by atoms with Crippen LogP contribution in [0.3, 0.4) is 0 Å². The molecule has 0 aromatic rings. The minimum atomic E-state index is -4.96. The van der Waals surface area contributed by atoms with Gasteiger partial charge in [0, 0.05) is 25.7 Å². The summed E-state index contributed by atoms with van der Waals surface area (Å²) >= 11 is 0. The zero-order valence-electron chi connectivity index (χ0n) is 64.6. The second kappa shape index (κ2) is 73.0. The van der Waals surface area contributed by atoms with Gasteiger partial charge in [-0.2, -0.15) is 0 Å². The second-order valence-electron chi connectivity index (χ2n) is 29.3. The van der Waals surface area contributed by atoms with Crippen LogP contribution in [0.2, 0.25) is 0 Å². The molecule has 0 heterocycles. The highest BCUT2D eigenvalue weighted by Gasteiger charge is 2.30. The maximum absolute atomic E-state index is 13.1. The molecule has 0 amide bonds. The van der Waals surface area contributed by atoms with Gasteiger partial charge in [0.25, 0.3) is 0 Å². The Morgan fingerprint density at radius 1 is 0.273 bits per heavy atom. The summed E-state index contributed by atoms with van der Waals surface area (Å²) in [5, 5.41) is 10.6. The zero-order chi connectivity index (χ0) is 72.7. The van der Waals surface area contributed by atoms with E-state index in [-0.39, 0.29) is 25.7 Å². The molecular weight excluding hydrogens is 1290 g/mol. The third kappa shape index (κ3) is 74.1. The van der Waals surface area contributed by atoms with E-state index in [0.29, 0.717) is 25.7 Å². The number of phosphoric ester groups is 2. The van der Waals surface area contributed by atoms with Gasteiger partial charge in [-0.1, -0.05) is 375 Å². The summed E-state index contributed by atoms with van der Waals surface area (Å²) in [6.45, 7) is 7.36. The molecule has 0 aliphatic rings. The summed E-state index contributed by atoms with van der Waals surface area (Å²) < 4.78 is 68.7. The topological polar surface area (TPSA) is 237 Å². The summed E-state index contributed by atoms with van der Waals surface area (Å²) in [6, 6.07) is 0. The van der Waals surface area contributed by atoms with E-state index in [0.717, 1.165) is 95.8 Å². The second-order valence-corrected chi connectivity index (χ2v) is 32.2. The normalized spacial score (nSPS) is 13.9. The Kier molecular flexibility index (Phi) is 71.6. The number of phosphoric acid groups is 2. The lowest BCUT2D eigenvalue weighted by Crippen LogP contribution is -2.30. The molecule has 0 fully saturated rings. The number of carbonyl (C=O) groups excluding carboxylic acids is 4. The maximum atomic E-state index is 13.1. The summed E-state index contributed by atoms with van der Waals surface area (Å²) in [4.78, 5) is 73.0. The highest BCUT2D eigenvalue weighted by molar-refractivity contribution is 7.47. The number of unbranched alkanes of at least 4 members (excludes halogenated alkanes) is 52. The summed E-state index contributed by atoms with van der Waals surface area (Å²) in [6.07, 6.45) is 63.6. The van der Waals surface area contributed by atoms with E-state index in [1.807, 2.05) is 0 Å². The van der Waals surface area contributed by atoms with Gasteiger partial charge in [-0.25, -0.2) is 9.13 Å². The molecule has 5 atom stereocenters. The monoisotopic (exact) mass is 1450 g/mol. The van der Waals surface area contributed by atoms with Crippen molar-refractivity contribution in [2.24, 2.45) is 5.92 Å². The van der Waals surface area contributed by atoms with Crippen LogP contribution in [0, 0.1) is 5.92 Å². The first-order valence-electron chi connectivity index (χ1n) is 41.6. The molecule has 0 spiro atoms. The molecule has 19 heteroatoms. The first kappa shape index (κ1) is 97.1. The van der Waals surface area contributed by atoms with Crippen LogP contribution in [0.25, 0.3) is 0 Å². The van der Waals surface area contributed by atoms with Gasteiger partial charge < -0.3 is 33.8 Å². The predicted molar refractivity (Wildman–Crippen MR) is 405 cm³/mol. The van der Waals surface area contributed by atoms with Crippen LogP contribution >= 0.6 is 15.6 Å². The Hall–Kier alpha value is -1.94. The van der Waals surface area contributed by atoms with Crippen molar-refractivity contribution >= 4 is 39.5 Å². The van der Waals surface area contributed by atoms with Crippen LogP contribution in [-0.4, -0.2) is 96.7 Å². The number of carbonyl (C=O) groups is 4. The number of aliphatic hydroxyl groups is 1. The Morgan fingerprint density at radius 3 is 0.687 bits per heavy atom. The number of hydrogen-bond donors (Lipinski definition) is 3. The van der Waals surface area contributed by atoms with Crippen molar-refractivity contribution < 1.29 is 80.2 Å². The van der Waals surface area contributed by atoms with Crippen LogP contribution in [0.15, 0.2) is 0 Å². The standard InChI is InChI=1S/C80H156O17P2/c1-6-9-12-15-18-21-24-27-30-35-39-44-49-54-59-64-78(83)91-70-76(97-80(85)66-61-56-51-46-41-36-32-29-31-33-37-42-47-52-57-62-73(4)5)72-95-99(88,89)93-68-74(81)67-92-98(86,87)94-71-75(69-90-77(82)63-58-53-48-43-38-26-23-20-17-14-11-8-3)96-79(84)65-60-55-50-45-40-34-28-25-22-19-16-13-10-7-2/h73-76,81H,6-72H2,1-5H3,(H,86,87)(H,88,89)/t74-,75+,76+/m0/s1. The van der Waals surface area contributed by atoms with Crippen LogP contribution < -0.4 is 0 Å². The smallest absolute Gasteiger partial charge is 0.462 e. The first-order valence-corrected chi connectivity index (χ1v) is 44.6. The van der Waals surface area contributed by atoms with E-state index in [2.05, 4.69) is 34.6 Å². The van der Waals surface area contributed by atoms with E-state index in [9.17, 15) is 43.2 Å². The van der Waals surface area contributed by atoms with Crippen LogP contribution in [0.5, 0.6) is 0 Å². The van der Waals surface area contributed by atoms with E-state index in [1.165, 1.54) is 250 Å². The van der Waals surface area contributed by atoms with E-state index in [1.54, 1.807) is 0 Å². The van der Waals surface area contributed by atoms with E-state index < -0.39 is 97.5 Å². The van der Waals surface area contributed by atoms with Crippen LogP contribution in [-0.2, 0) is 65.4 Å². The van der Waals surface area contributed by atoms with Crippen LogP contribution in [0.4, 0.5) is 0 Å². The highest BCUT2D eigenvalue weighted by atomic mass is 31.2. The lowest BCUT2D eigenvalue weighted by atomic mass is 10.0. The molecule has 99 heavy (non-hydrogen) atoms. The number of ether oxygens (including phenoxy) is 4. The third-order valence-electron chi connectivity index (χ3n) is 18.8. The molecule has 3 N–H and O–H groups in total. The third-order valence-corrected chi connectivity index (χ3v) is 20.7. The average Bonchev–Trinajstić information content (AvgIpc) is 1.50. The Balaban J connectivity index is 5.26. The largest absolute Gasteiger partial charge is 0.472 e. The van der Waals surface area contributed by atoms with Crippen molar-refractivity contribution in [2.75, 3.05) is 39.6 Å². The van der Waals surface area contributed by atoms with Gasteiger partial charge in [0.1, 0.15) is 19.3 Å². The molecule has 0 saturated carbocycles. The fourth-order valence-electron chi connectivity index (χ4n) is 12.4. The zero-order valence-corrected chi connectivity index (χ0v) is 66.4. The van der Waals surface area contributed by atoms with Gasteiger partial charge >= 0.3 is 39.5 Å². The molecule has 0 saturated heterocycles. The lowest BCUT2D eigenvalue weighted by Gasteiger charge is -2.21. The Bertz CT molecular complexity index is 1890. The number of hydrogen-bond acceptors (Lipinski definition) is 15. The van der Waals surface area contributed by atoms with Gasteiger partial charge in [0.2, 0.25) is 0 Å². The van der Waals surface area contributed by atoms with Gasteiger partial charge in [0.15, 0.2) is 12.2 Å². The van der Waals surface area contributed by atoms with E-state index in [4.69, 9.17) is 37.0 Å². The summed E-state index contributed by atoms with van der Waals surface area (Å²) in [5.74, 6) is -1.30. The summed E-state index contributed by atoms with van der Waals surface area (Å²) in [5.41, 5.74) is 0. The molecule has 0 aromatic carbocycles. The van der Waals surface area contributed by atoms with Crippen molar-refractivity contribution in [3.8, 4) is 0 Å². The molecule has 0 aliphatic carbocycles. The SMILES string of the molecule is CCCCCCCCCCCCCCCCCC(=O)OC[C@H](COP(=O)(O)OC[C@@H](O)COP(=O)(O)OC[C@@H](COC(=O)CCCCCCCCCCCCCC)OC(=O)CCCCCCCCCCCCCCCC)OC(=O)CCCCCCCCCCCCCCCCCC(C)C. The molecule has 0 aromatic heterocycles. The van der Waals surface area contributed by atoms with Crippen molar-refractivity contribution in [2.45, 2.75) is 445 Å². The molecule has 0 aliphatic heterocycles. The highest BCUT2D eigenvalue weighted by Crippen LogP contribution is 2.45. The fraction of sp³-hybridized carbons (Fsp3) is 0.950. The Morgan fingerprint density at radius 2 is 0.465 bits per heavy atom. The molecule has 0 radical (unpaired) electrons. The number of aliphatic hydroxyl groups excluding tert-OH is 1. The van der Waals surface area contributed by atoms with Crippen LogP contribution in [0.1, 0.15) is 426 Å². The fourth-order valence-corrected chi connectivity index (χ4v) is 14.0. The van der Waals surface area contributed by atoms with Gasteiger partial charge in [0.05, 0.1) is 26.4 Å². The average molecular weight is 1450 g/mol. The molecule has 588 valence electrons. The summed E-state index contributed by atoms with van der Waals surface area (Å²) in [7, 11) is -9.92. The minimum Gasteiger partial charge on any atom is -0.462 e. The predicted octanol–water partition coefficient (Wildman–Crippen LogP) is 24.0. The van der Waals surface area contributed by atoms with Crippen molar-refractivity contribution in [3.05, 3.63) is 0 Å². The van der Waals surface area contributed by atoms with Gasteiger partial charge in [-0.3, -0.25) is 37.3 Å². The van der Waals surface area contributed by atoms with Gasteiger partial charge in [-0.05, 0) is 31.6 Å². The molecule has 17 nitrogen and oxygen atoms in total. The minimum absolute atomic E-state index is 0.109. The number of esters is 4. The molecular formula is C80H156O17P2. The Labute approximate surface area is 607 Å². The number of rotatable bonds is 80. The van der Waals surface area contributed by atoms with E-state index >= 15 is 0 Å². The van der Waals surface area contributed by atoms with Crippen molar-refractivity contribution in [1.29, 1.82) is 0 Å². The first-order chi connectivity index (χ1) is 48.0. The lowest BCUT2D eigenvalue weighted by molar-refractivity contribution is -0.161. The molecule has 0 bridgehead atoms. The van der Waals surface area contributed by atoms with Gasteiger partial charge in [-0.15, -0.1) is 0 Å². The maximum Gasteiger partial charge on any atom is 0.472 e. The quantitative estimate of drug-likeness (QED) is 0.0222. The van der Waals surface area contributed by atoms with Crippen molar-refractivity contribution in [3.63, 3.8) is 0 Å².